The Hall–Kier alpha value is -0.770. The van der Waals surface area contributed by atoms with E-state index in [0.29, 0.717) is 28.7 Å². The molecule has 2 aromatic rings. The number of sulfonamides is 1. The van der Waals surface area contributed by atoms with E-state index in [9.17, 15) is 13.2 Å². The monoisotopic (exact) mass is 464 g/mol. The van der Waals surface area contributed by atoms with E-state index < -0.39 is 22.0 Å². The molecule has 146 valence electrons. The van der Waals surface area contributed by atoms with Crippen molar-refractivity contribution in [2.24, 2.45) is 0 Å². The molecular formula is C17H18Cl2N2O3S3. The molecule has 1 aromatic heterocycles. The predicted octanol–water partition coefficient (Wildman–Crippen LogP) is 4.28. The maximum Gasteiger partial charge on any atom is 0.263 e. The molecule has 1 aliphatic rings. The average molecular weight is 465 g/mol. The van der Waals surface area contributed by atoms with E-state index in [-0.39, 0.29) is 9.77 Å². The van der Waals surface area contributed by atoms with Gasteiger partial charge in [0.25, 0.3) is 5.91 Å². The molecule has 5 nitrogen and oxygen atoms in total. The number of hydrogen-bond acceptors (Lipinski definition) is 5. The van der Waals surface area contributed by atoms with Gasteiger partial charge in [0.15, 0.2) is 0 Å². The highest BCUT2D eigenvalue weighted by atomic mass is 35.5. The third-order valence-electron chi connectivity index (χ3n) is 4.20. The zero-order valence-corrected chi connectivity index (χ0v) is 18.4. The van der Waals surface area contributed by atoms with Crippen molar-refractivity contribution < 1.29 is 13.2 Å². The Morgan fingerprint density at radius 3 is 2.59 bits per heavy atom. The summed E-state index contributed by atoms with van der Waals surface area (Å²) >= 11 is 15.0. The number of benzene rings is 1. The minimum absolute atomic E-state index is 0.0614. The summed E-state index contributed by atoms with van der Waals surface area (Å²) in [5.41, 5.74) is 0.712. The number of hydrogen-bond donors (Lipinski definition) is 1. The maximum atomic E-state index is 12.9. The summed E-state index contributed by atoms with van der Waals surface area (Å²) in [5.74, 6) is 1.09. The number of rotatable bonds is 5. The van der Waals surface area contributed by atoms with Crippen LogP contribution >= 0.6 is 46.3 Å². The summed E-state index contributed by atoms with van der Waals surface area (Å²) < 4.78 is 27.3. The molecule has 1 atom stereocenters. The average Bonchev–Trinajstić information content (AvgIpc) is 3.13. The van der Waals surface area contributed by atoms with E-state index in [1.54, 1.807) is 42.3 Å². The van der Waals surface area contributed by atoms with Crippen LogP contribution in [0.2, 0.25) is 10.0 Å². The van der Waals surface area contributed by atoms with Crippen molar-refractivity contribution in [1.82, 2.24) is 9.62 Å². The van der Waals surface area contributed by atoms with Crippen molar-refractivity contribution >= 4 is 62.2 Å². The number of amides is 1. The van der Waals surface area contributed by atoms with Crippen molar-refractivity contribution in [2.45, 2.75) is 17.9 Å². The second-order valence-corrected chi connectivity index (χ2v) is 10.9. The van der Waals surface area contributed by atoms with Crippen LogP contribution in [0.15, 0.2) is 34.5 Å². The van der Waals surface area contributed by atoms with Gasteiger partial charge in [-0.3, -0.25) is 4.79 Å². The van der Waals surface area contributed by atoms with E-state index in [0.717, 1.165) is 22.8 Å². The first-order chi connectivity index (χ1) is 12.8. The van der Waals surface area contributed by atoms with Gasteiger partial charge in [-0.1, -0.05) is 29.3 Å². The molecule has 1 fully saturated rings. The number of halogens is 2. The lowest BCUT2D eigenvalue weighted by Gasteiger charge is -2.25. The van der Waals surface area contributed by atoms with Gasteiger partial charge in [0.1, 0.15) is 9.77 Å². The van der Waals surface area contributed by atoms with E-state index in [2.05, 4.69) is 5.32 Å². The predicted molar refractivity (Wildman–Crippen MR) is 113 cm³/mol. The van der Waals surface area contributed by atoms with Gasteiger partial charge in [-0.25, -0.2) is 8.42 Å². The Bertz CT molecular complexity index is 941. The number of thioether (sulfide) groups is 1. The standard InChI is InChI=1S/C17H18Cl2N2O3S3/c1-11(13-3-2-12(18)10-14(13)19)20-17(22)16-15(4-7-26-16)27(23,24)21-5-8-25-9-6-21/h2-4,7,10-11H,5-6,8-9H2,1H3,(H,20,22). The van der Waals surface area contributed by atoms with Gasteiger partial charge in [0, 0.05) is 34.6 Å². The smallest absolute Gasteiger partial charge is 0.263 e. The Balaban J connectivity index is 1.81. The van der Waals surface area contributed by atoms with Crippen LogP contribution in [0.3, 0.4) is 0 Å². The molecule has 1 amide bonds. The van der Waals surface area contributed by atoms with Crippen LogP contribution in [0.1, 0.15) is 28.2 Å². The van der Waals surface area contributed by atoms with E-state index >= 15 is 0 Å². The van der Waals surface area contributed by atoms with Crippen LogP contribution in [0, 0.1) is 0 Å². The lowest BCUT2D eigenvalue weighted by molar-refractivity contribution is 0.0941. The summed E-state index contributed by atoms with van der Waals surface area (Å²) in [6.45, 7) is 2.71. The Kier molecular flexibility index (Phi) is 6.76. The van der Waals surface area contributed by atoms with Crippen LogP contribution in [0.25, 0.3) is 0 Å². The minimum atomic E-state index is -3.68. The van der Waals surface area contributed by atoms with Gasteiger partial charge in [0.05, 0.1) is 6.04 Å². The highest BCUT2D eigenvalue weighted by Gasteiger charge is 2.31. The molecule has 1 aliphatic heterocycles. The molecular weight excluding hydrogens is 447 g/mol. The molecule has 3 rings (SSSR count). The summed E-state index contributed by atoms with van der Waals surface area (Å²) in [6.07, 6.45) is 0. The Labute approximate surface area is 177 Å². The minimum Gasteiger partial charge on any atom is -0.345 e. The highest BCUT2D eigenvalue weighted by Crippen LogP contribution is 2.29. The van der Waals surface area contributed by atoms with E-state index in [1.807, 2.05) is 0 Å². The highest BCUT2D eigenvalue weighted by molar-refractivity contribution is 7.99. The fourth-order valence-corrected chi connectivity index (χ4v) is 7.24. The third-order valence-corrected chi connectivity index (χ3v) is 8.69. The van der Waals surface area contributed by atoms with Crippen LogP contribution < -0.4 is 5.32 Å². The molecule has 0 saturated carbocycles. The van der Waals surface area contributed by atoms with Crippen LogP contribution in [0.5, 0.6) is 0 Å². The third kappa shape index (κ3) is 4.63. The molecule has 2 heterocycles. The van der Waals surface area contributed by atoms with Gasteiger partial charge in [-0.2, -0.15) is 16.1 Å². The lowest BCUT2D eigenvalue weighted by Crippen LogP contribution is -2.38. The van der Waals surface area contributed by atoms with Crippen molar-refractivity contribution in [1.29, 1.82) is 0 Å². The molecule has 0 radical (unpaired) electrons. The molecule has 1 N–H and O–H groups in total. The summed E-state index contributed by atoms with van der Waals surface area (Å²) in [7, 11) is -3.68. The fraction of sp³-hybridized carbons (Fsp3) is 0.353. The number of thiophene rings is 1. The first-order valence-corrected chi connectivity index (χ1v) is 12.4. The topological polar surface area (TPSA) is 66.5 Å². The molecule has 0 bridgehead atoms. The quantitative estimate of drug-likeness (QED) is 0.716. The summed E-state index contributed by atoms with van der Waals surface area (Å²) in [6, 6.07) is 6.15. The van der Waals surface area contributed by atoms with Crippen LogP contribution in [-0.2, 0) is 10.0 Å². The van der Waals surface area contributed by atoms with Gasteiger partial charge in [-0.05, 0) is 36.1 Å². The molecule has 1 unspecified atom stereocenters. The molecule has 10 heteroatoms. The van der Waals surface area contributed by atoms with Crippen molar-refractivity contribution in [3.63, 3.8) is 0 Å². The summed E-state index contributed by atoms with van der Waals surface area (Å²) in [4.78, 5) is 13.0. The number of nitrogens with zero attached hydrogens (tertiary/aromatic N) is 1. The molecule has 27 heavy (non-hydrogen) atoms. The second-order valence-electron chi connectivity index (χ2n) is 5.99. The second kappa shape index (κ2) is 8.71. The number of nitrogens with one attached hydrogen (secondary N) is 1. The van der Waals surface area contributed by atoms with Gasteiger partial charge < -0.3 is 5.32 Å². The van der Waals surface area contributed by atoms with Crippen molar-refractivity contribution in [3.8, 4) is 0 Å². The van der Waals surface area contributed by atoms with Crippen molar-refractivity contribution in [2.75, 3.05) is 24.6 Å². The van der Waals surface area contributed by atoms with E-state index in [4.69, 9.17) is 23.2 Å². The van der Waals surface area contributed by atoms with Crippen LogP contribution in [-0.4, -0.2) is 43.2 Å². The maximum absolute atomic E-state index is 12.9. The van der Waals surface area contributed by atoms with Gasteiger partial charge in [0.2, 0.25) is 10.0 Å². The zero-order valence-electron chi connectivity index (χ0n) is 14.4. The Morgan fingerprint density at radius 1 is 1.22 bits per heavy atom. The fourth-order valence-electron chi connectivity index (χ4n) is 2.78. The molecule has 1 saturated heterocycles. The number of carbonyl (C=O) groups is 1. The molecule has 1 aromatic carbocycles. The SMILES string of the molecule is CC(NC(=O)c1sccc1S(=O)(=O)N1CCSCC1)c1ccc(Cl)cc1Cl. The normalized spacial score (nSPS) is 16.9. The van der Waals surface area contributed by atoms with Crippen molar-refractivity contribution in [3.05, 3.63) is 50.1 Å². The van der Waals surface area contributed by atoms with Gasteiger partial charge in [-0.15, -0.1) is 11.3 Å². The summed E-state index contributed by atoms with van der Waals surface area (Å²) in [5, 5.41) is 5.41. The number of carbonyl (C=O) groups excluding carboxylic acids is 1. The molecule has 0 spiro atoms. The largest absolute Gasteiger partial charge is 0.345 e. The Morgan fingerprint density at radius 2 is 1.93 bits per heavy atom. The first-order valence-electron chi connectivity index (χ1n) is 8.22. The lowest BCUT2D eigenvalue weighted by atomic mass is 10.1. The zero-order chi connectivity index (χ0) is 19.6. The molecule has 0 aliphatic carbocycles. The first kappa shape index (κ1) is 21.0. The van der Waals surface area contributed by atoms with Gasteiger partial charge >= 0.3 is 0 Å². The van der Waals surface area contributed by atoms with E-state index in [1.165, 1.54) is 10.4 Å². The van der Waals surface area contributed by atoms with Crippen LogP contribution in [0.4, 0.5) is 0 Å².